The predicted molar refractivity (Wildman–Crippen MR) is 76.7 cm³/mol. The summed E-state index contributed by atoms with van der Waals surface area (Å²) in [7, 11) is 0. The third kappa shape index (κ3) is 3.20. The number of rotatable bonds is 4. The van der Waals surface area contributed by atoms with E-state index in [1.807, 2.05) is 12.1 Å². The topological polar surface area (TPSA) is 95.6 Å². The Bertz CT molecular complexity index is 609. The molecule has 0 bridgehead atoms. The van der Waals surface area contributed by atoms with E-state index in [4.69, 9.17) is 5.73 Å². The quantitative estimate of drug-likeness (QED) is 0.502. The normalized spacial score (nSPS) is 10.2. The molecule has 0 fully saturated rings. The van der Waals surface area contributed by atoms with Gasteiger partial charge in [-0.15, -0.1) is 0 Å². The van der Waals surface area contributed by atoms with Gasteiger partial charge in [0.25, 0.3) is 5.91 Å². The van der Waals surface area contributed by atoms with Gasteiger partial charge in [-0.25, -0.2) is 0 Å². The van der Waals surface area contributed by atoms with Gasteiger partial charge in [0.1, 0.15) is 0 Å². The molecule has 104 valence electrons. The minimum Gasteiger partial charge on any atom is -0.504 e. The zero-order chi connectivity index (χ0) is 14.5. The number of phenols is 2. The van der Waals surface area contributed by atoms with E-state index in [9.17, 15) is 15.0 Å². The maximum Gasteiger partial charge on any atom is 0.255 e. The predicted octanol–water partition coefficient (Wildman–Crippen LogP) is 1.65. The number of amides is 1. The van der Waals surface area contributed by atoms with Crippen molar-refractivity contribution in [1.82, 2.24) is 5.32 Å². The van der Waals surface area contributed by atoms with E-state index in [0.717, 1.165) is 5.56 Å². The number of phenolic OH excluding ortho intramolecular Hbond substituents is 2. The zero-order valence-corrected chi connectivity index (χ0v) is 10.8. The van der Waals surface area contributed by atoms with Gasteiger partial charge in [-0.1, -0.05) is 18.2 Å². The number of aromatic hydroxyl groups is 2. The molecule has 0 spiro atoms. The molecule has 20 heavy (non-hydrogen) atoms. The maximum absolute atomic E-state index is 11.9. The Kier molecular flexibility index (Phi) is 4.10. The van der Waals surface area contributed by atoms with Crippen LogP contribution in [0.25, 0.3) is 0 Å². The summed E-state index contributed by atoms with van der Waals surface area (Å²) in [6.45, 7) is 0.428. The van der Waals surface area contributed by atoms with Crippen LogP contribution in [0.1, 0.15) is 15.9 Å². The van der Waals surface area contributed by atoms with Crippen LogP contribution in [0, 0.1) is 0 Å². The summed E-state index contributed by atoms with van der Waals surface area (Å²) in [5.74, 6) is -1.14. The Labute approximate surface area is 116 Å². The average molecular weight is 272 g/mol. The van der Waals surface area contributed by atoms with E-state index >= 15 is 0 Å². The SMILES string of the molecule is Nc1ccc(CCNC(=O)c2cccc(O)c2O)cc1. The molecule has 5 nitrogen and oxygen atoms in total. The van der Waals surface area contributed by atoms with Crippen molar-refractivity contribution in [2.45, 2.75) is 6.42 Å². The van der Waals surface area contributed by atoms with Gasteiger partial charge >= 0.3 is 0 Å². The van der Waals surface area contributed by atoms with Crippen molar-refractivity contribution in [3.8, 4) is 11.5 Å². The Morgan fingerprint density at radius 3 is 2.50 bits per heavy atom. The Morgan fingerprint density at radius 2 is 1.80 bits per heavy atom. The van der Waals surface area contributed by atoms with Gasteiger partial charge in [0, 0.05) is 12.2 Å². The number of benzene rings is 2. The molecular weight excluding hydrogens is 256 g/mol. The number of nitrogen functional groups attached to an aromatic ring is 1. The van der Waals surface area contributed by atoms with Crippen LogP contribution in [-0.2, 0) is 6.42 Å². The van der Waals surface area contributed by atoms with Gasteiger partial charge in [0.05, 0.1) is 5.56 Å². The van der Waals surface area contributed by atoms with Crippen LogP contribution in [0.2, 0.25) is 0 Å². The Balaban J connectivity index is 1.92. The first-order chi connectivity index (χ1) is 9.58. The van der Waals surface area contributed by atoms with Crippen molar-refractivity contribution < 1.29 is 15.0 Å². The largest absolute Gasteiger partial charge is 0.504 e. The fourth-order valence-corrected chi connectivity index (χ4v) is 1.81. The lowest BCUT2D eigenvalue weighted by Gasteiger charge is -2.08. The standard InChI is InChI=1S/C15H16N2O3/c16-11-6-4-10(5-7-11)8-9-17-15(20)12-2-1-3-13(18)14(12)19/h1-7,18-19H,8-9,16H2,(H,17,20). The van der Waals surface area contributed by atoms with Crippen LogP contribution in [0.15, 0.2) is 42.5 Å². The van der Waals surface area contributed by atoms with E-state index in [1.54, 1.807) is 12.1 Å². The molecule has 1 amide bonds. The molecule has 5 N–H and O–H groups in total. The van der Waals surface area contributed by atoms with E-state index in [1.165, 1.54) is 18.2 Å². The second-order valence-corrected chi connectivity index (χ2v) is 4.42. The van der Waals surface area contributed by atoms with Gasteiger partial charge in [-0.2, -0.15) is 0 Å². The lowest BCUT2D eigenvalue weighted by molar-refractivity contribution is 0.0951. The highest BCUT2D eigenvalue weighted by Gasteiger charge is 2.13. The van der Waals surface area contributed by atoms with E-state index in [-0.39, 0.29) is 11.3 Å². The van der Waals surface area contributed by atoms with Crippen LogP contribution in [-0.4, -0.2) is 22.7 Å². The number of hydrogen-bond donors (Lipinski definition) is 4. The molecular formula is C15H16N2O3. The molecule has 2 rings (SSSR count). The molecule has 0 aliphatic heterocycles. The minimum absolute atomic E-state index is 0.0577. The molecule has 0 aromatic heterocycles. The molecule has 2 aromatic rings. The van der Waals surface area contributed by atoms with Crippen molar-refractivity contribution in [2.75, 3.05) is 12.3 Å². The molecule has 0 aliphatic rings. The Hall–Kier alpha value is -2.69. The zero-order valence-electron chi connectivity index (χ0n) is 10.8. The number of carbonyl (C=O) groups excluding carboxylic acids is 1. The second kappa shape index (κ2) is 5.97. The Morgan fingerprint density at radius 1 is 1.10 bits per heavy atom. The molecule has 0 saturated heterocycles. The summed E-state index contributed by atoms with van der Waals surface area (Å²) >= 11 is 0. The van der Waals surface area contributed by atoms with E-state index in [2.05, 4.69) is 5.32 Å². The van der Waals surface area contributed by atoms with Gasteiger partial charge in [0.15, 0.2) is 11.5 Å². The van der Waals surface area contributed by atoms with Gasteiger partial charge < -0.3 is 21.3 Å². The first kappa shape index (κ1) is 13.7. The number of nitrogens with two attached hydrogens (primary N) is 1. The molecule has 2 aromatic carbocycles. The number of anilines is 1. The smallest absolute Gasteiger partial charge is 0.255 e. The second-order valence-electron chi connectivity index (χ2n) is 4.42. The molecule has 0 unspecified atom stereocenters. The lowest BCUT2D eigenvalue weighted by Crippen LogP contribution is -2.25. The lowest BCUT2D eigenvalue weighted by atomic mass is 10.1. The number of nitrogens with one attached hydrogen (secondary N) is 1. The summed E-state index contributed by atoms with van der Waals surface area (Å²) in [5.41, 5.74) is 7.40. The van der Waals surface area contributed by atoms with Crippen LogP contribution in [0.5, 0.6) is 11.5 Å². The monoisotopic (exact) mass is 272 g/mol. The molecule has 0 atom stereocenters. The van der Waals surface area contributed by atoms with Crippen molar-refractivity contribution in [1.29, 1.82) is 0 Å². The maximum atomic E-state index is 11.9. The van der Waals surface area contributed by atoms with E-state index < -0.39 is 11.7 Å². The minimum atomic E-state index is -0.422. The van der Waals surface area contributed by atoms with Gasteiger partial charge in [-0.3, -0.25) is 4.79 Å². The fraction of sp³-hybridized carbons (Fsp3) is 0.133. The third-order valence-electron chi connectivity index (χ3n) is 2.94. The number of hydrogen-bond acceptors (Lipinski definition) is 4. The highest BCUT2D eigenvalue weighted by molar-refractivity contribution is 5.97. The summed E-state index contributed by atoms with van der Waals surface area (Å²) in [6.07, 6.45) is 0.658. The molecule has 0 aliphatic carbocycles. The van der Waals surface area contributed by atoms with Crippen molar-refractivity contribution in [3.63, 3.8) is 0 Å². The number of carbonyl (C=O) groups is 1. The van der Waals surface area contributed by atoms with Crippen molar-refractivity contribution in [2.24, 2.45) is 0 Å². The highest BCUT2D eigenvalue weighted by Crippen LogP contribution is 2.27. The average Bonchev–Trinajstić information content (AvgIpc) is 2.44. The summed E-state index contributed by atoms with van der Waals surface area (Å²) in [4.78, 5) is 11.9. The first-order valence-corrected chi connectivity index (χ1v) is 6.21. The molecule has 0 radical (unpaired) electrons. The van der Waals surface area contributed by atoms with Crippen molar-refractivity contribution in [3.05, 3.63) is 53.6 Å². The van der Waals surface area contributed by atoms with Gasteiger partial charge in [0.2, 0.25) is 0 Å². The van der Waals surface area contributed by atoms with Crippen molar-refractivity contribution >= 4 is 11.6 Å². The number of para-hydroxylation sites is 1. The van der Waals surface area contributed by atoms with E-state index in [0.29, 0.717) is 18.7 Å². The summed E-state index contributed by atoms with van der Waals surface area (Å²) in [5, 5.41) is 21.6. The van der Waals surface area contributed by atoms with Crippen LogP contribution in [0.3, 0.4) is 0 Å². The van der Waals surface area contributed by atoms with Crippen LogP contribution in [0.4, 0.5) is 5.69 Å². The molecule has 5 heteroatoms. The van der Waals surface area contributed by atoms with Gasteiger partial charge in [-0.05, 0) is 36.2 Å². The fourth-order valence-electron chi connectivity index (χ4n) is 1.81. The van der Waals surface area contributed by atoms with Crippen LogP contribution < -0.4 is 11.1 Å². The summed E-state index contributed by atoms with van der Waals surface area (Å²) < 4.78 is 0. The third-order valence-corrected chi connectivity index (χ3v) is 2.94. The highest BCUT2D eigenvalue weighted by atomic mass is 16.3. The molecule has 0 saturated carbocycles. The summed E-state index contributed by atoms with van der Waals surface area (Å²) in [6, 6.07) is 11.7. The van der Waals surface area contributed by atoms with Crippen LogP contribution >= 0.6 is 0 Å². The first-order valence-electron chi connectivity index (χ1n) is 6.21. The molecule has 0 heterocycles.